The third-order valence-electron chi connectivity index (χ3n) is 2.87. The van der Waals surface area contributed by atoms with Crippen molar-refractivity contribution in [2.45, 2.75) is 20.8 Å². The van der Waals surface area contributed by atoms with Crippen molar-refractivity contribution in [1.82, 2.24) is 10.6 Å². The van der Waals surface area contributed by atoms with E-state index in [1.54, 1.807) is 19.0 Å². The molecule has 0 aliphatic carbocycles. The van der Waals surface area contributed by atoms with Gasteiger partial charge in [0, 0.05) is 20.6 Å². The SMILES string of the molecule is CCNC(=NC)NC(=O)N(C)c1c(C)cccc1C. The number of amides is 2. The molecule has 0 atom stereocenters. The molecule has 0 radical (unpaired) electrons. The van der Waals surface area contributed by atoms with E-state index in [0.717, 1.165) is 16.8 Å². The molecular weight excluding hydrogens is 240 g/mol. The van der Waals surface area contributed by atoms with Gasteiger partial charge >= 0.3 is 6.03 Å². The molecule has 5 nitrogen and oxygen atoms in total. The van der Waals surface area contributed by atoms with Crippen LogP contribution in [0.2, 0.25) is 0 Å². The number of anilines is 1. The number of benzene rings is 1. The summed E-state index contributed by atoms with van der Waals surface area (Å²) in [6, 6.07) is 5.76. The van der Waals surface area contributed by atoms with Crippen molar-refractivity contribution in [3.63, 3.8) is 0 Å². The highest BCUT2D eigenvalue weighted by atomic mass is 16.2. The fourth-order valence-corrected chi connectivity index (χ4v) is 1.97. The molecule has 0 heterocycles. The summed E-state index contributed by atoms with van der Waals surface area (Å²) >= 11 is 0. The van der Waals surface area contributed by atoms with Crippen LogP contribution in [0.1, 0.15) is 18.1 Å². The Bertz CT molecular complexity index is 462. The Morgan fingerprint density at radius 3 is 2.37 bits per heavy atom. The molecule has 0 fully saturated rings. The first-order valence-corrected chi connectivity index (χ1v) is 6.32. The smallest absolute Gasteiger partial charge is 0.328 e. The van der Waals surface area contributed by atoms with E-state index in [4.69, 9.17) is 0 Å². The van der Waals surface area contributed by atoms with Crippen molar-refractivity contribution in [2.75, 3.05) is 25.5 Å². The third-order valence-corrected chi connectivity index (χ3v) is 2.87. The van der Waals surface area contributed by atoms with Crippen LogP contribution < -0.4 is 15.5 Å². The first kappa shape index (κ1) is 15.0. The molecule has 19 heavy (non-hydrogen) atoms. The van der Waals surface area contributed by atoms with Crippen LogP contribution in [0.15, 0.2) is 23.2 Å². The molecule has 1 aromatic rings. The van der Waals surface area contributed by atoms with Crippen LogP contribution in [0.4, 0.5) is 10.5 Å². The average molecular weight is 262 g/mol. The summed E-state index contributed by atoms with van der Waals surface area (Å²) in [5.74, 6) is 0.477. The molecule has 5 heteroatoms. The summed E-state index contributed by atoms with van der Waals surface area (Å²) in [6.45, 7) is 6.64. The van der Waals surface area contributed by atoms with Crippen molar-refractivity contribution in [3.8, 4) is 0 Å². The average Bonchev–Trinajstić information content (AvgIpc) is 2.37. The number of rotatable bonds is 2. The number of hydrogen-bond acceptors (Lipinski definition) is 2. The van der Waals surface area contributed by atoms with Gasteiger partial charge in [0.25, 0.3) is 0 Å². The molecule has 0 spiro atoms. The Morgan fingerprint density at radius 1 is 1.32 bits per heavy atom. The molecular formula is C14H22N4O. The number of aliphatic imine (C=N–C) groups is 1. The van der Waals surface area contributed by atoms with Crippen molar-refractivity contribution < 1.29 is 4.79 Å². The molecule has 0 bridgehead atoms. The molecule has 0 aliphatic rings. The highest BCUT2D eigenvalue weighted by molar-refractivity contribution is 6.04. The fourth-order valence-electron chi connectivity index (χ4n) is 1.97. The van der Waals surface area contributed by atoms with Gasteiger partial charge in [-0.05, 0) is 31.9 Å². The van der Waals surface area contributed by atoms with Crippen LogP contribution >= 0.6 is 0 Å². The summed E-state index contributed by atoms with van der Waals surface area (Å²) in [6.07, 6.45) is 0. The second kappa shape index (κ2) is 6.78. The fraction of sp³-hybridized carbons (Fsp3) is 0.429. The van der Waals surface area contributed by atoms with Gasteiger partial charge in [-0.15, -0.1) is 0 Å². The number of guanidine groups is 1. The van der Waals surface area contributed by atoms with E-state index in [1.807, 2.05) is 39.0 Å². The molecule has 104 valence electrons. The van der Waals surface area contributed by atoms with Crippen molar-refractivity contribution in [3.05, 3.63) is 29.3 Å². The monoisotopic (exact) mass is 262 g/mol. The summed E-state index contributed by atoms with van der Waals surface area (Å²) in [4.78, 5) is 17.8. The molecule has 0 unspecified atom stereocenters. The topological polar surface area (TPSA) is 56.7 Å². The van der Waals surface area contributed by atoms with Gasteiger partial charge in [0.1, 0.15) is 0 Å². The van der Waals surface area contributed by atoms with Gasteiger partial charge in [-0.25, -0.2) is 4.79 Å². The molecule has 1 aromatic carbocycles. The van der Waals surface area contributed by atoms with E-state index < -0.39 is 0 Å². The number of carbonyl (C=O) groups is 1. The normalized spacial score (nSPS) is 11.1. The first-order chi connectivity index (χ1) is 9.01. The predicted molar refractivity (Wildman–Crippen MR) is 79.9 cm³/mol. The first-order valence-electron chi connectivity index (χ1n) is 6.32. The third kappa shape index (κ3) is 3.71. The maximum atomic E-state index is 12.2. The number of urea groups is 1. The van der Waals surface area contributed by atoms with Gasteiger partial charge in [-0.2, -0.15) is 0 Å². The molecule has 2 amide bonds. The summed E-state index contributed by atoms with van der Waals surface area (Å²) in [7, 11) is 3.39. The molecule has 0 aromatic heterocycles. The van der Waals surface area contributed by atoms with Crippen LogP contribution in [-0.2, 0) is 0 Å². The van der Waals surface area contributed by atoms with E-state index >= 15 is 0 Å². The van der Waals surface area contributed by atoms with E-state index in [-0.39, 0.29) is 6.03 Å². The standard InChI is InChI=1S/C14H22N4O/c1-6-16-13(15-4)17-14(19)18(5)12-10(2)8-7-9-11(12)3/h7-9H,6H2,1-5H3,(H2,15,16,17,19). The van der Waals surface area contributed by atoms with Crippen LogP contribution in [0, 0.1) is 13.8 Å². The molecule has 2 N–H and O–H groups in total. The van der Waals surface area contributed by atoms with Crippen LogP contribution in [0.3, 0.4) is 0 Å². The minimum atomic E-state index is -0.209. The number of aryl methyl sites for hydroxylation is 2. The minimum Gasteiger partial charge on any atom is -0.356 e. The van der Waals surface area contributed by atoms with Crippen LogP contribution in [0.5, 0.6) is 0 Å². The Labute approximate surface area is 114 Å². The lowest BCUT2D eigenvalue weighted by Crippen LogP contribution is -2.47. The zero-order chi connectivity index (χ0) is 14.4. The zero-order valence-corrected chi connectivity index (χ0v) is 12.2. The van der Waals surface area contributed by atoms with Gasteiger partial charge in [-0.3, -0.25) is 15.2 Å². The second-order valence-electron chi connectivity index (χ2n) is 4.33. The Hall–Kier alpha value is -2.04. The van der Waals surface area contributed by atoms with Gasteiger partial charge in [-0.1, -0.05) is 18.2 Å². The van der Waals surface area contributed by atoms with Crippen LogP contribution in [-0.4, -0.2) is 32.6 Å². The lowest BCUT2D eigenvalue weighted by molar-refractivity contribution is 0.251. The van der Waals surface area contributed by atoms with E-state index in [1.165, 1.54) is 0 Å². The molecule has 0 saturated carbocycles. The number of para-hydroxylation sites is 1. The second-order valence-corrected chi connectivity index (χ2v) is 4.33. The number of hydrogen-bond donors (Lipinski definition) is 2. The van der Waals surface area contributed by atoms with Crippen molar-refractivity contribution >= 4 is 17.7 Å². The van der Waals surface area contributed by atoms with Gasteiger partial charge < -0.3 is 5.32 Å². The lowest BCUT2D eigenvalue weighted by atomic mass is 10.1. The quantitative estimate of drug-likeness (QED) is 0.633. The molecule has 0 saturated heterocycles. The van der Waals surface area contributed by atoms with Gasteiger partial charge in [0.15, 0.2) is 5.96 Å². The maximum Gasteiger partial charge on any atom is 0.328 e. The Balaban J connectivity index is 2.88. The van der Waals surface area contributed by atoms with Crippen molar-refractivity contribution in [1.29, 1.82) is 0 Å². The zero-order valence-electron chi connectivity index (χ0n) is 12.2. The predicted octanol–water partition coefficient (Wildman–Crippen LogP) is 2.04. The van der Waals surface area contributed by atoms with E-state index in [9.17, 15) is 4.79 Å². The van der Waals surface area contributed by atoms with Crippen molar-refractivity contribution in [2.24, 2.45) is 4.99 Å². The molecule has 1 rings (SSSR count). The number of carbonyl (C=O) groups excluding carboxylic acids is 1. The summed E-state index contributed by atoms with van der Waals surface area (Å²) in [5.41, 5.74) is 3.05. The number of nitrogens with zero attached hydrogens (tertiary/aromatic N) is 2. The molecule has 0 aliphatic heterocycles. The summed E-state index contributed by atoms with van der Waals surface area (Å²) in [5, 5.41) is 5.74. The Morgan fingerprint density at radius 2 is 1.89 bits per heavy atom. The highest BCUT2D eigenvalue weighted by Gasteiger charge is 2.15. The largest absolute Gasteiger partial charge is 0.356 e. The van der Waals surface area contributed by atoms with Gasteiger partial charge in [0.05, 0.1) is 5.69 Å². The van der Waals surface area contributed by atoms with Crippen LogP contribution in [0.25, 0.3) is 0 Å². The van der Waals surface area contributed by atoms with Gasteiger partial charge in [0.2, 0.25) is 0 Å². The van der Waals surface area contributed by atoms with E-state index in [0.29, 0.717) is 12.5 Å². The lowest BCUT2D eigenvalue weighted by Gasteiger charge is -2.22. The highest BCUT2D eigenvalue weighted by Crippen LogP contribution is 2.23. The Kier molecular flexibility index (Phi) is 5.36. The maximum absolute atomic E-state index is 12.2. The number of nitrogens with one attached hydrogen (secondary N) is 2. The minimum absolute atomic E-state index is 0.209. The summed E-state index contributed by atoms with van der Waals surface area (Å²) < 4.78 is 0. The van der Waals surface area contributed by atoms with E-state index in [2.05, 4.69) is 15.6 Å².